The van der Waals surface area contributed by atoms with E-state index in [0.717, 1.165) is 25.7 Å². The van der Waals surface area contributed by atoms with Crippen LogP contribution < -0.4 is 0 Å². The number of rotatable bonds is 16. The fourth-order valence-corrected chi connectivity index (χ4v) is 5.57. The molecule has 0 heterocycles. The molecule has 0 bridgehead atoms. The van der Waals surface area contributed by atoms with Crippen LogP contribution in [0, 0.1) is 0 Å². The molecule has 0 aliphatic heterocycles. The van der Waals surface area contributed by atoms with E-state index in [4.69, 9.17) is 0 Å². The van der Waals surface area contributed by atoms with Crippen molar-refractivity contribution in [3.05, 3.63) is 59.7 Å². The second-order valence-electron chi connectivity index (χ2n) is 9.16. The Hall–Kier alpha value is -0.480. The first-order valence-electron chi connectivity index (χ1n) is 13.2. The van der Waals surface area contributed by atoms with E-state index in [1.165, 1.54) is 63.5 Å². The summed E-state index contributed by atoms with van der Waals surface area (Å²) in [5, 5.41) is 0. The maximum atomic E-state index is 11.1. The van der Waals surface area contributed by atoms with Crippen LogP contribution in [0.25, 0.3) is 0 Å². The zero-order valence-electron chi connectivity index (χ0n) is 22.5. The van der Waals surface area contributed by atoms with Gasteiger partial charge in [-0.2, -0.15) is 0 Å². The van der Waals surface area contributed by atoms with Crippen molar-refractivity contribution in [1.29, 1.82) is 0 Å². The molecule has 0 spiro atoms. The quantitative estimate of drug-likeness (QED) is 0.126. The van der Waals surface area contributed by atoms with Crippen molar-refractivity contribution < 1.29 is 25.9 Å². The summed E-state index contributed by atoms with van der Waals surface area (Å²) >= 11 is 0. The summed E-state index contributed by atoms with van der Waals surface area (Å²) < 4.78 is 66.4. The number of unbranched alkanes of at least 4 members (excludes halogenated alkanes) is 10. The van der Waals surface area contributed by atoms with Gasteiger partial charge in [0.25, 0.3) is 0 Å². The van der Waals surface area contributed by atoms with Gasteiger partial charge in [-0.15, -0.1) is 0 Å². The molecule has 0 radical (unpaired) electrons. The third kappa shape index (κ3) is 16.3. The molecule has 2 aromatic rings. The molecule has 0 aliphatic rings. The number of hydrogen-bond donors (Lipinski definition) is 0. The summed E-state index contributed by atoms with van der Waals surface area (Å²) in [6.07, 6.45) is 15.2. The van der Waals surface area contributed by atoms with Crippen LogP contribution in [-0.4, -0.2) is 63.7 Å². The largest absolute Gasteiger partial charge is 2.00 e. The summed E-state index contributed by atoms with van der Waals surface area (Å²) in [5.74, 6) is 0. The van der Waals surface area contributed by atoms with Crippen molar-refractivity contribution >= 4 is 58.0 Å². The fraction of sp³-hybridized carbons (Fsp3) is 0.571. The van der Waals surface area contributed by atoms with Crippen LogP contribution in [-0.2, 0) is 33.1 Å². The maximum Gasteiger partial charge on any atom is 2.00 e. The van der Waals surface area contributed by atoms with Crippen molar-refractivity contribution in [2.75, 3.05) is 0 Å². The summed E-state index contributed by atoms with van der Waals surface area (Å²) in [6, 6.07) is 13.0. The molecule has 6 nitrogen and oxygen atoms in total. The first kappa shape index (κ1) is 36.5. The summed E-state index contributed by atoms with van der Waals surface area (Å²) in [4.78, 5) is -0.114. The molecular formula is C28H42CaO6S2. The van der Waals surface area contributed by atoms with Gasteiger partial charge in [0.1, 0.15) is 20.2 Å². The Labute approximate surface area is 255 Å². The molecule has 0 N–H and O–H groups in total. The number of benzene rings is 2. The first-order chi connectivity index (χ1) is 17.1. The molecule has 0 aliphatic carbocycles. The van der Waals surface area contributed by atoms with E-state index in [9.17, 15) is 25.9 Å². The van der Waals surface area contributed by atoms with Gasteiger partial charge < -0.3 is 9.11 Å². The van der Waals surface area contributed by atoms with Crippen LogP contribution in [0.15, 0.2) is 58.3 Å². The molecule has 37 heavy (non-hydrogen) atoms. The third-order valence-electron chi connectivity index (χ3n) is 6.08. The van der Waals surface area contributed by atoms with E-state index in [2.05, 4.69) is 13.8 Å². The van der Waals surface area contributed by atoms with Crippen molar-refractivity contribution in [2.45, 2.75) is 114 Å². The van der Waals surface area contributed by atoms with Gasteiger partial charge in [-0.1, -0.05) is 114 Å². The Morgan fingerprint density at radius 1 is 0.514 bits per heavy atom. The van der Waals surface area contributed by atoms with Crippen LogP contribution in [0.4, 0.5) is 0 Å². The minimum atomic E-state index is -4.33. The fourth-order valence-electron chi connectivity index (χ4n) is 4.10. The second kappa shape index (κ2) is 20.4. The topological polar surface area (TPSA) is 114 Å². The average Bonchev–Trinajstić information content (AvgIpc) is 2.83. The summed E-state index contributed by atoms with van der Waals surface area (Å²) in [7, 11) is -8.67. The SMILES string of the molecule is CCCCCCCCc1ccccc1S(=O)(=O)[O-].CCCCCCCCc1ccccc1S(=O)(=O)[O-].[Ca+2]. The van der Waals surface area contributed by atoms with Crippen LogP contribution >= 0.6 is 0 Å². The molecule has 0 saturated heterocycles. The van der Waals surface area contributed by atoms with E-state index in [-0.39, 0.29) is 47.5 Å². The Morgan fingerprint density at radius 2 is 0.811 bits per heavy atom. The molecule has 0 unspecified atom stereocenters. The smallest absolute Gasteiger partial charge is 0.744 e. The average molecular weight is 579 g/mol. The summed E-state index contributed by atoms with van der Waals surface area (Å²) in [6.45, 7) is 4.35. The Balaban J connectivity index is 0.000000682. The van der Waals surface area contributed by atoms with Crippen molar-refractivity contribution in [2.24, 2.45) is 0 Å². The number of aryl methyl sites for hydroxylation is 2. The summed E-state index contributed by atoms with van der Waals surface area (Å²) in [5.41, 5.74) is 1.31. The van der Waals surface area contributed by atoms with Gasteiger partial charge in [0, 0.05) is 0 Å². The predicted molar refractivity (Wildman–Crippen MR) is 149 cm³/mol. The number of hydrogen-bond acceptors (Lipinski definition) is 6. The van der Waals surface area contributed by atoms with E-state index < -0.39 is 20.2 Å². The minimum absolute atomic E-state index is 0. The molecule has 2 rings (SSSR count). The zero-order valence-corrected chi connectivity index (χ0v) is 26.3. The standard InChI is InChI=1S/2C14H22O3S.Ca/c2*1-2-3-4-5-6-7-10-13-11-8-9-12-14(13)18(15,16)17;/h2*8-9,11-12H,2-7,10H2,1H3,(H,15,16,17);/q;;+2/p-2. The van der Waals surface area contributed by atoms with Gasteiger partial charge in [0.15, 0.2) is 0 Å². The molecule has 0 atom stereocenters. The Morgan fingerprint density at radius 3 is 1.14 bits per heavy atom. The van der Waals surface area contributed by atoms with Crippen LogP contribution in [0.2, 0.25) is 0 Å². The monoisotopic (exact) mass is 578 g/mol. The molecule has 9 heteroatoms. The van der Waals surface area contributed by atoms with Gasteiger partial charge in [0.2, 0.25) is 0 Å². The molecule has 2 aromatic carbocycles. The van der Waals surface area contributed by atoms with Crippen LogP contribution in [0.5, 0.6) is 0 Å². The van der Waals surface area contributed by atoms with Crippen LogP contribution in [0.1, 0.15) is 102 Å². The minimum Gasteiger partial charge on any atom is -0.744 e. The van der Waals surface area contributed by atoms with Gasteiger partial charge in [-0.05, 0) is 48.9 Å². The third-order valence-corrected chi connectivity index (χ3v) is 7.96. The Bertz CT molecular complexity index is 998. The van der Waals surface area contributed by atoms with E-state index in [1.807, 2.05) is 0 Å². The zero-order chi connectivity index (χ0) is 26.9. The van der Waals surface area contributed by atoms with Crippen LogP contribution in [0.3, 0.4) is 0 Å². The molecular weight excluding hydrogens is 537 g/mol. The van der Waals surface area contributed by atoms with Crippen molar-refractivity contribution in [1.82, 2.24) is 0 Å². The van der Waals surface area contributed by atoms with E-state index in [0.29, 0.717) is 24.0 Å². The predicted octanol–water partition coefficient (Wildman–Crippen LogP) is 6.61. The van der Waals surface area contributed by atoms with E-state index >= 15 is 0 Å². The molecule has 0 aromatic heterocycles. The Kier molecular flexibility index (Phi) is 20.2. The van der Waals surface area contributed by atoms with Gasteiger partial charge in [0.05, 0.1) is 9.79 Å². The maximum absolute atomic E-state index is 11.1. The van der Waals surface area contributed by atoms with Crippen molar-refractivity contribution in [3.63, 3.8) is 0 Å². The normalized spacial score (nSPS) is 11.4. The van der Waals surface area contributed by atoms with E-state index in [1.54, 1.807) is 36.4 Å². The molecule has 0 amide bonds. The first-order valence-corrected chi connectivity index (χ1v) is 16.0. The van der Waals surface area contributed by atoms with Gasteiger partial charge in [-0.3, -0.25) is 0 Å². The van der Waals surface area contributed by atoms with Gasteiger partial charge in [-0.25, -0.2) is 16.8 Å². The molecule has 0 fully saturated rings. The second-order valence-corrected chi connectivity index (χ2v) is 11.9. The van der Waals surface area contributed by atoms with Crippen molar-refractivity contribution in [3.8, 4) is 0 Å². The van der Waals surface area contributed by atoms with Gasteiger partial charge >= 0.3 is 37.7 Å². The molecule has 0 saturated carbocycles. The molecule has 204 valence electrons.